The highest BCUT2D eigenvalue weighted by atomic mass is 16.2. The Hall–Kier alpha value is -3.15. The molecule has 4 rings (SSSR count). The monoisotopic (exact) mass is 362 g/mol. The lowest BCUT2D eigenvalue weighted by atomic mass is 10.2. The number of fused-ring (bicyclic) bond motifs is 1. The van der Waals surface area contributed by atoms with Crippen molar-refractivity contribution in [3.8, 4) is 0 Å². The number of aryl methyl sites for hydroxylation is 1. The average molecular weight is 362 g/mol. The first-order valence-electron chi connectivity index (χ1n) is 9.19. The summed E-state index contributed by atoms with van der Waals surface area (Å²) in [6.45, 7) is 2.42. The number of benzene rings is 2. The number of nitrogens with one attached hydrogen (secondary N) is 2. The molecule has 2 N–H and O–H groups in total. The fourth-order valence-electron chi connectivity index (χ4n) is 3.14. The van der Waals surface area contributed by atoms with E-state index in [-0.39, 0.29) is 24.3 Å². The van der Waals surface area contributed by atoms with E-state index in [1.165, 1.54) is 0 Å². The van der Waals surface area contributed by atoms with Gasteiger partial charge in [0.05, 0.1) is 17.6 Å². The van der Waals surface area contributed by atoms with Gasteiger partial charge in [-0.2, -0.15) is 0 Å². The summed E-state index contributed by atoms with van der Waals surface area (Å²) in [5.74, 6) is 0.775. The van der Waals surface area contributed by atoms with Crippen LogP contribution in [0.4, 0.5) is 5.69 Å². The molecule has 1 saturated carbocycles. The van der Waals surface area contributed by atoms with Crippen molar-refractivity contribution >= 4 is 28.5 Å². The number of carbonyl (C=O) groups excluding carboxylic acids is 2. The highest BCUT2D eigenvalue weighted by Crippen LogP contribution is 2.29. The van der Waals surface area contributed by atoms with Crippen molar-refractivity contribution in [2.75, 3.05) is 5.32 Å². The predicted octanol–water partition coefficient (Wildman–Crippen LogP) is 3.01. The Morgan fingerprint density at radius 1 is 1.11 bits per heavy atom. The van der Waals surface area contributed by atoms with E-state index >= 15 is 0 Å². The molecule has 0 aliphatic heterocycles. The Bertz CT molecular complexity index is 1000. The summed E-state index contributed by atoms with van der Waals surface area (Å²) >= 11 is 0. The molecule has 0 radical (unpaired) electrons. The second kappa shape index (κ2) is 7.23. The zero-order valence-corrected chi connectivity index (χ0v) is 15.2. The number of hydrogen-bond donors (Lipinski definition) is 2. The van der Waals surface area contributed by atoms with Gasteiger partial charge in [-0.05, 0) is 43.5 Å². The molecule has 1 aromatic heterocycles. The SMILES string of the molecule is Cc1ccccc1NC(=O)Cn1c(CNC(=O)C2CC2)nc2ccccc21. The van der Waals surface area contributed by atoms with Crippen LogP contribution in [0, 0.1) is 12.8 Å². The van der Waals surface area contributed by atoms with Crippen LogP contribution < -0.4 is 10.6 Å². The van der Waals surface area contributed by atoms with E-state index in [4.69, 9.17) is 0 Å². The summed E-state index contributed by atoms with van der Waals surface area (Å²) < 4.78 is 1.87. The molecule has 0 bridgehead atoms. The van der Waals surface area contributed by atoms with Crippen LogP contribution in [0.5, 0.6) is 0 Å². The lowest BCUT2D eigenvalue weighted by Gasteiger charge is -2.12. The van der Waals surface area contributed by atoms with Gasteiger partial charge in [0.1, 0.15) is 12.4 Å². The number of hydrogen-bond acceptors (Lipinski definition) is 3. The Morgan fingerprint density at radius 3 is 2.63 bits per heavy atom. The zero-order valence-electron chi connectivity index (χ0n) is 15.2. The molecule has 27 heavy (non-hydrogen) atoms. The van der Waals surface area contributed by atoms with Crippen LogP contribution in [0.15, 0.2) is 48.5 Å². The maximum Gasteiger partial charge on any atom is 0.244 e. The maximum absolute atomic E-state index is 12.6. The Morgan fingerprint density at radius 2 is 1.85 bits per heavy atom. The zero-order chi connectivity index (χ0) is 18.8. The lowest BCUT2D eigenvalue weighted by Crippen LogP contribution is -2.27. The molecule has 1 aliphatic carbocycles. The molecule has 1 fully saturated rings. The molecule has 2 aromatic carbocycles. The van der Waals surface area contributed by atoms with Crippen LogP contribution in [-0.4, -0.2) is 21.4 Å². The van der Waals surface area contributed by atoms with Crippen molar-refractivity contribution in [3.63, 3.8) is 0 Å². The van der Waals surface area contributed by atoms with Crippen molar-refractivity contribution < 1.29 is 9.59 Å². The van der Waals surface area contributed by atoms with E-state index in [1.807, 2.05) is 60.0 Å². The summed E-state index contributed by atoms with van der Waals surface area (Å²) in [4.78, 5) is 29.2. The summed E-state index contributed by atoms with van der Waals surface area (Å²) in [5, 5.41) is 5.90. The van der Waals surface area contributed by atoms with Crippen molar-refractivity contribution in [2.45, 2.75) is 32.9 Å². The van der Waals surface area contributed by atoms with Crippen molar-refractivity contribution in [3.05, 3.63) is 59.9 Å². The quantitative estimate of drug-likeness (QED) is 0.708. The third kappa shape index (κ3) is 3.84. The van der Waals surface area contributed by atoms with Gasteiger partial charge in [-0.1, -0.05) is 30.3 Å². The van der Waals surface area contributed by atoms with Gasteiger partial charge in [0.15, 0.2) is 0 Å². The van der Waals surface area contributed by atoms with E-state index in [1.54, 1.807) is 0 Å². The summed E-state index contributed by atoms with van der Waals surface area (Å²) in [7, 11) is 0. The van der Waals surface area contributed by atoms with Crippen molar-refractivity contribution in [1.82, 2.24) is 14.9 Å². The van der Waals surface area contributed by atoms with E-state index in [2.05, 4.69) is 15.6 Å². The van der Waals surface area contributed by atoms with Crippen LogP contribution >= 0.6 is 0 Å². The van der Waals surface area contributed by atoms with Crippen molar-refractivity contribution in [1.29, 1.82) is 0 Å². The minimum absolute atomic E-state index is 0.0676. The van der Waals surface area contributed by atoms with Crippen LogP contribution in [-0.2, 0) is 22.7 Å². The number of amides is 2. The first-order valence-corrected chi connectivity index (χ1v) is 9.19. The molecule has 6 heteroatoms. The second-order valence-corrected chi connectivity index (χ2v) is 6.96. The van der Waals surface area contributed by atoms with Crippen LogP contribution in [0.1, 0.15) is 24.2 Å². The summed E-state index contributed by atoms with van der Waals surface area (Å²) in [6.07, 6.45) is 1.92. The molecule has 138 valence electrons. The molecule has 3 aromatic rings. The smallest absolute Gasteiger partial charge is 0.244 e. The molecule has 1 aliphatic rings. The van der Waals surface area contributed by atoms with Gasteiger partial charge in [-0.3, -0.25) is 9.59 Å². The first kappa shape index (κ1) is 17.3. The van der Waals surface area contributed by atoms with Crippen LogP contribution in [0.2, 0.25) is 0 Å². The molecule has 2 amide bonds. The van der Waals surface area contributed by atoms with Gasteiger partial charge >= 0.3 is 0 Å². The van der Waals surface area contributed by atoms with E-state index < -0.39 is 0 Å². The number of nitrogens with zero attached hydrogens (tertiary/aromatic N) is 2. The highest BCUT2D eigenvalue weighted by molar-refractivity contribution is 5.92. The number of anilines is 1. The number of para-hydroxylation sites is 3. The Balaban J connectivity index is 1.55. The number of imidazole rings is 1. The molecule has 6 nitrogen and oxygen atoms in total. The maximum atomic E-state index is 12.6. The average Bonchev–Trinajstić information content (AvgIpc) is 3.46. The van der Waals surface area contributed by atoms with Gasteiger partial charge in [0, 0.05) is 11.6 Å². The van der Waals surface area contributed by atoms with Crippen LogP contribution in [0.3, 0.4) is 0 Å². The van der Waals surface area contributed by atoms with Gasteiger partial charge < -0.3 is 15.2 Å². The molecule has 1 heterocycles. The molecular weight excluding hydrogens is 340 g/mol. The molecule has 0 spiro atoms. The largest absolute Gasteiger partial charge is 0.349 e. The highest BCUT2D eigenvalue weighted by Gasteiger charge is 2.29. The fraction of sp³-hybridized carbons (Fsp3) is 0.286. The minimum Gasteiger partial charge on any atom is -0.349 e. The Kier molecular flexibility index (Phi) is 4.62. The van der Waals surface area contributed by atoms with Gasteiger partial charge in [-0.15, -0.1) is 0 Å². The van der Waals surface area contributed by atoms with Crippen LogP contribution in [0.25, 0.3) is 11.0 Å². The van der Waals surface area contributed by atoms with Gasteiger partial charge in [0.2, 0.25) is 11.8 Å². The number of carbonyl (C=O) groups is 2. The molecular formula is C21H22N4O2. The normalized spacial score (nSPS) is 13.5. The molecule has 0 unspecified atom stereocenters. The topological polar surface area (TPSA) is 76.0 Å². The minimum atomic E-state index is -0.123. The molecule has 0 saturated heterocycles. The van der Waals surface area contributed by atoms with E-state index in [0.29, 0.717) is 12.4 Å². The fourth-order valence-corrected chi connectivity index (χ4v) is 3.14. The van der Waals surface area contributed by atoms with Crippen molar-refractivity contribution in [2.24, 2.45) is 5.92 Å². The van der Waals surface area contributed by atoms with E-state index in [0.717, 1.165) is 35.1 Å². The first-order chi connectivity index (χ1) is 13.1. The standard InChI is InChI=1S/C21H22N4O2/c1-14-6-2-3-7-16(14)24-20(26)13-25-18-9-5-4-8-17(18)23-19(25)12-22-21(27)15-10-11-15/h2-9,15H,10-13H2,1H3,(H,22,27)(H,24,26). The third-order valence-electron chi connectivity index (χ3n) is 4.82. The van der Waals surface area contributed by atoms with E-state index in [9.17, 15) is 9.59 Å². The number of rotatable bonds is 6. The molecule has 0 atom stereocenters. The number of aromatic nitrogens is 2. The lowest BCUT2D eigenvalue weighted by molar-refractivity contribution is -0.122. The predicted molar refractivity (Wildman–Crippen MR) is 104 cm³/mol. The van der Waals surface area contributed by atoms with Gasteiger partial charge in [0.25, 0.3) is 0 Å². The third-order valence-corrected chi connectivity index (χ3v) is 4.82. The summed E-state index contributed by atoms with van der Waals surface area (Å²) in [6, 6.07) is 15.4. The van der Waals surface area contributed by atoms with Gasteiger partial charge in [-0.25, -0.2) is 4.98 Å². The second-order valence-electron chi connectivity index (χ2n) is 6.96. The Labute approximate surface area is 157 Å². The summed E-state index contributed by atoms with van der Waals surface area (Å²) in [5.41, 5.74) is 3.51.